The molecule has 1 amide bonds. The van der Waals surface area contributed by atoms with Crippen LogP contribution in [0, 0.1) is 18.8 Å². The number of alkyl halides is 2. The molecule has 1 aliphatic rings. The van der Waals surface area contributed by atoms with Crippen molar-refractivity contribution >= 4 is 35.2 Å². The van der Waals surface area contributed by atoms with Gasteiger partial charge in [0.1, 0.15) is 0 Å². The van der Waals surface area contributed by atoms with Gasteiger partial charge in [0, 0.05) is 66.7 Å². The van der Waals surface area contributed by atoms with Crippen LogP contribution in [-0.2, 0) is 9.53 Å². The van der Waals surface area contributed by atoms with Crippen LogP contribution in [0.5, 0.6) is 0 Å². The van der Waals surface area contributed by atoms with Crippen molar-refractivity contribution in [1.82, 2.24) is 5.32 Å². The zero-order valence-corrected chi connectivity index (χ0v) is 23.1. The maximum atomic E-state index is 13.9. The number of ketones is 1. The number of benzene rings is 1. The van der Waals surface area contributed by atoms with E-state index in [4.69, 9.17) is 22.1 Å². The lowest BCUT2D eigenvalue weighted by Crippen LogP contribution is -2.27. The van der Waals surface area contributed by atoms with E-state index in [0.717, 1.165) is 18.9 Å². The fourth-order valence-corrected chi connectivity index (χ4v) is 4.69. The molecule has 0 fully saturated rings. The number of allylic oxidation sites excluding steroid dienone is 4. The number of aliphatic imine (C=N–C) groups is 1. The van der Waals surface area contributed by atoms with Gasteiger partial charge >= 0.3 is 0 Å². The normalized spacial score (nSPS) is 16.1. The van der Waals surface area contributed by atoms with Crippen molar-refractivity contribution in [3.63, 3.8) is 0 Å². The smallest absolute Gasteiger partial charge is 0.271 e. The number of ether oxygens (including phenoxy) is 1. The summed E-state index contributed by atoms with van der Waals surface area (Å²) in [5, 5.41) is 2.92. The van der Waals surface area contributed by atoms with Crippen LogP contribution in [0.3, 0.4) is 0 Å². The predicted molar refractivity (Wildman–Crippen MR) is 146 cm³/mol. The van der Waals surface area contributed by atoms with E-state index in [1.807, 2.05) is 20.8 Å². The minimum atomic E-state index is -3.09. The van der Waals surface area contributed by atoms with Crippen molar-refractivity contribution < 1.29 is 23.1 Å². The van der Waals surface area contributed by atoms with E-state index in [1.54, 1.807) is 25.5 Å². The van der Waals surface area contributed by atoms with E-state index in [1.165, 1.54) is 6.08 Å². The van der Waals surface area contributed by atoms with Gasteiger partial charge in [-0.2, -0.15) is 0 Å². The molecule has 2 rings (SSSR count). The number of methoxy groups -OCH3 is 1. The standard InChI is InChI=1S/C28H38ClF2N3O3/c1-6-19(13-17(2)26(35)20-7-9-24(29)23(14-20)28(4,30)31)15-33-16-22-18(3)21(8-10-25(22)32)27(36)34-11-12-37-5/h8,10,14,16-17,19H,6-7,9,11-13,15,32H2,1-5H3,(H,34,36). The molecule has 3 N–H and O–H groups in total. The highest BCUT2D eigenvalue weighted by molar-refractivity contribution is 6.30. The summed E-state index contributed by atoms with van der Waals surface area (Å²) >= 11 is 6.00. The lowest BCUT2D eigenvalue weighted by atomic mass is 9.84. The van der Waals surface area contributed by atoms with Gasteiger partial charge in [0.05, 0.1) is 6.61 Å². The van der Waals surface area contributed by atoms with Crippen molar-refractivity contribution in [2.24, 2.45) is 16.8 Å². The SMILES string of the molecule is CCC(CN=Cc1c(N)ccc(C(=O)NCCOC)c1C)CC(C)C(=O)C1=CC(C(C)(F)F)=C(Cl)CC1. The third kappa shape index (κ3) is 8.47. The molecule has 204 valence electrons. The molecule has 37 heavy (non-hydrogen) atoms. The van der Waals surface area contributed by atoms with E-state index in [-0.39, 0.29) is 40.6 Å². The summed E-state index contributed by atoms with van der Waals surface area (Å²) in [6.07, 6.45) is 4.94. The van der Waals surface area contributed by atoms with E-state index >= 15 is 0 Å². The quantitative estimate of drug-likeness (QED) is 0.187. The number of hydrogen-bond acceptors (Lipinski definition) is 5. The number of rotatable bonds is 13. The highest BCUT2D eigenvalue weighted by Gasteiger charge is 2.33. The van der Waals surface area contributed by atoms with Gasteiger partial charge in [-0.3, -0.25) is 14.6 Å². The van der Waals surface area contributed by atoms with Gasteiger partial charge in [-0.15, -0.1) is 0 Å². The number of carbonyl (C=O) groups excluding carboxylic acids is 2. The lowest BCUT2D eigenvalue weighted by Gasteiger charge is -2.23. The summed E-state index contributed by atoms with van der Waals surface area (Å²) in [7, 11) is 1.57. The highest BCUT2D eigenvalue weighted by atomic mass is 35.5. The van der Waals surface area contributed by atoms with Crippen LogP contribution in [0.15, 0.2) is 39.4 Å². The third-order valence-electron chi connectivity index (χ3n) is 6.69. The Morgan fingerprint density at radius 1 is 1.32 bits per heavy atom. The Morgan fingerprint density at radius 3 is 2.65 bits per heavy atom. The highest BCUT2D eigenvalue weighted by Crippen LogP contribution is 2.37. The second-order valence-electron chi connectivity index (χ2n) is 9.64. The molecular weight excluding hydrogens is 500 g/mol. The molecule has 0 bridgehead atoms. The molecule has 0 heterocycles. The van der Waals surface area contributed by atoms with E-state index in [0.29, 0.717) is 54.9 Å². The molecule has 1 aromatic carbocycles. The second-order valence-corrected chi connectivity index (χ2v) is 10.1. The molecule has 0 saturated carbocycles. The number of hydrogen-bond donors (Lipinski definition) is 2. The Labute approximate surface area is 223 Å². The number of anilines is 1. The maximum absolute atomic E-state index is 13.9. The molecule has 2 unspecified atom stereocenters. The first-order valence-electron chi connectivity index (χ1n) is 12.6. The fourth-order valence-electron chi connectivity index (χ4n) is 4.38. The van der Waals surface area contributed by atoms with Crippen LogP contribution in [0.25, 0.3) is 0 Å². The van der Waals surface area contributed by atoms with Gasteiger partial charge in [-0.05, 0) is 61.4 Å². The van der Waals surface area contributed by atoms with Crippen molar-refractivity contribution in [2.75, 3.05) is 32.5 Å². The maximum Gasteiger partial charge on any atom is 0.271 e. The molecule has 2 atom stereocenters. The molecule has 1 aliphatic carbocycles. The van der Waals surface area contributed by atoms with Gasteiger partial charge in [-0.25, -0.2) is 8.78 Å². The third-order valence-corrected chi connectivity index (χ3v) is 7.09. The summed E-state index contributed by atoms with van der Waals surface area (Å²) in [6.45, 7) is 7.77. The van der Waals surface area contributed by atoms with Crippen LogP contribution in [0.4, 0.5) is 14.5 Å². The van der Waals surface area contributed by atoms with Crippen molar-refractivity contribution in [3.05, 3.63) is 51.1 Å². The molecule has 0 spiro atoms. The Kier molecular flexibility index (Phi) is 11.4. The minimum absolute atomic E-state index is 0.114. The molecule has 9 heteroatoms. The number of halogens is 3. The molecule has 0 saturated heterocycles. The van der Waals surface area contributed by atoms with Crippen molar-refractivity contribution in [3.8, 4) is 0 Å². The van der Waals surface area contributed by atoms with E-state index < -0.39 is 5.92 Å². The summed E-state index contributed by atoms with van der Waals surface area (Å²) < 4.78 is 32.7. The van der Waals surface area contributed by atoms with Crippen molar-refractivity contribution in [1.29, 1.82) is 0 Å². The summed E-state index contributed by atoms with van der Waals surface area (Å²) in [6, 6.07) is 3.37. The molecule has 0 aliphatic heterocycles. The van der Waals surface area contributed by atoms with E-state index in [9.17, 15) is 18.4 Å². The number of carbonyl (C=O) groups is 2. The summed E-state index contributed by atoms with van der Waals surface area (Å²) in [5.41, 5.74) is 8.74. The van der Waals surface area contributed by atoms with Gasteiger partial charge < -0.3 is 15.8 Å². The molecule has 0 aromatic heterocycles. The number of Topliss-reactive ketones (excluding diaryl/α,β-unsaturated/α-hetero) is 1. The van der Waals surface area contributed by atoms with Gasteiger partial charge in [0.15, 0.2) is 5.78 Å². The number of nitrogens with two attached hydrogens (primary N) is 1. The first-order chi connectivity index (χ1) is 17.4. The van der Waals surface area contributed by atoms with Crippen LogP contribution in [0.1, 0.15) is 67.9 Å². The Bertz CT molecular complexity index is 1080. The summed E-state index contributed by atoms with van der Waals surface area (Å²) in [5.74, 6) is -3.64. The molecule has 1 aromatic rings. The first kappa shape index (κ1) is 30.6. The second kappa shape index (κ2) is 13.8. The van der Waals surface area contributed by atoms with Gasteiger partial charge in [-0.1, -0.05) is 31.9 Å². The van der Waals surface area contributed by atoms with Crippen LogP contribution < -0.4 is 11.1 Å². The van der Waals surface area contributed by atoms with Crippen LogP contribution in [-0.4, -0.2) is 50.6 Å². The number of nitrogen functional groups attached to an aromatic ring is 1. The Hall–Kier alpha value is -2.58. The molecular formula is C28H38ClF2N3O3. The number of amides is 1. The zero-order chi connectivity index (χ0) is 27.8. The van der Waals surface area contributed by atoms with Gasteiger partial charge in [0.2, 0.25) is 0 Å². The minimum Gasteiger partial charge on any atom is -0.398 e. The van der Waals surface area contributed by atoms with Crippen LogP contribution >= 0.6 is 11.6 Å². The van der Waals surface area contributed by atoms with Crippen LogP contribution in [0.2, 0.25) is 0 Å². The Morgan fingerprint density at radius 2 is 2.03 bits per heavy atom. The average molecular weight is 538 g/mol. The predicted octanol–water partition coefficient (Wildman–Crippen LogP) is 5.86. The number of nitrogens with one attached hydrogen (secondary N) is 1. The lowest BCUT2D eigenvalue weighted by molar-refractivity contribution is -0.119. The van der Waals surface area contributed by atoms with Crippen molar-refractivity contribution in [2.45, 2.75) is 59.3 Å². The molecule has 0 radical (unpaired) electrons. The monoisotopic (exact) mass is 537 g/mol. The Balaban J connectivity index is 2.08. The fraction of sp³-hybridized carbons (Fsp3) is 0.536. The average Bonchev–Trinajstić information content (AvgIpc) is 2.84. The number of nitrogens with zero attached hydrogens (tertiary/aromatic N) is 1. The summed E-state index contributed by atoms with van der Waals surface area (Å²) in [4.78, 5) is 30.1. The molecule has 6 nitrogen and oxygen atoms in total. The largest absolute Gasteiger partial charge is 0.398 e. The van der Waals surface area contributed by atoms with Gasteiger partial charge in [0.25, 0.3) is 11.8 Å². The topological polar surface area (TPSA) is 93.8 Å². The zero-order valence-electron chi connectivity index (χ0n) is 22.3. The van der Waals surface area contributed by atoms with E-state index in [2.05, 4.69) is 10.3 Å². The first-order valence-corrected chi connectivity index (χ1v) is 13.0.